The second-order valence-electron chi connectivity index (χ2n) is 4.89. The Hall–Kier alpha value is -2.49. The zero-order valence-corrected chi connectivity index (χ0v) is 12.8. The number of carbonyl (C=O) groups excluding carboxylic acids is 1. The number of amides is 2. The summed E-state index contributed by atoms with van der Waals surface area (Å²) in [5.74, 6) is 0.886. The Kier molecular flexibility index (Phi) is 6.30. The van der Waals surface area contributed by atoms with Crippen molar-refractivity contribution in [2.24, 2.45) is 0 Å². The maximum atomic E-state index is 11.8. The lowest BCUT2D eigenvalue weighted by Crippen LogP contribution is -2.36. The SMILES string of the molecule is CCOc1ccccc1CCNC(=O)NCc1ccccc1. The quantitative estimate of drug-likeness (QED) is 0.825. The van der Waals surface area contributed by atoms with Crippen LogP contribution in [0.25, 0.3) is 0 Å². The minimum absolute atomic E-state index is 0.155. The van der Waals surface area contributed by atoms with Gasteiger partial charge in [0.05, 0.1) is 6.61 Å². The van der Waals surface area contributed by atoms with E-state index in [0.717, 1.165) is 23.3 Å². The molecule has 0 heterocycles. The Bertz CT molecular complexity index is 585. The molecule has 0 saturated heterocycles. The van der Waals surface area contributed by atoms with Gasteiger partial charge in [-0.1, -0.05) is 48.5 Å². The molecule has 116 valence electrons. The lowest BCUT2D eigenvalue weighted by Gasteiger charge is -2.11. The van der Waals surface area contributed by atoms with Crippen molar-refractivity contribution in [3.05, 3.63) is 65.7 Å². The van der Waals surface area contributed by atoms with Gasteiger partial charge in [-0.05, 0) is 30.5 Å². The van der Waals surface area contributed by atoms with Crippen LogP contribution in [0, 0.1) is 0 Å². The van der Waals surface area contributed by atoms with Crippen LogP contribution in [-0.4, -0.2) is 19.2 Å². The Balaban J connectivity index is 1.73. The summed E-state index contributed by atoms with van der Waals surface area (Å²) in [6.45, 7) is 3.71. The number of rotatable bonds is 7. The van der Waals surface area contributed by atoms with E-state index in [-0.39, 0.29) is 6.03 Å². The van der Waals surface area contributed by atoms with Crippen LogP contribution in [0.15, 0.2) is 54.6 Å². The van der Waals surface area contributed by atoms with E-state index in [2.05, 4.69) is 10.6 Å². The second kappa shape index (κ2) is 8.72. The number of hydrogen-bond acceptors (Lipinski definition) is 2. The molecule has 2 N–H and O–H groups in total. The number of nitrogens with one attached hydrogen (secondary N) is 2. The minimum Gasteiger partial charge on any atom is -0.494 e. The van der Waals surface area contributed by atoms with Crippen LogP contribution in [0.3, 0.4) is 0 Å². The molecular formula is C18H22N2O2. The number of hydrogen-bond donors (Lipinski definition) is 2. The molecule has 4 heteroatoms. The monoisotopic (exact) mass is 298 g/mol. The summed E-state index contributed by atoms with van der Waals surface area (Å²) >= 11 is 0. The molecular weight excluding hydrogens is 276 g/mol. The highest BCUT2D eigenvalue weighted by Gasteiger charge is 2.04. The Morgan fingerprint density at radius 2 is 1.73 bits per heavy atom. The smallest absolute Gasteiger partial charge is 0.315 e. The number of ether oxygens (including phenoxy) is 1. The van der Waals surface area contributed by atoms with E-state index in [9.17, 15) is 4.79 Å². The molecule has 4 nitrogen and oxygen atoms in total. The van der Waals surface area contributed by atoms with Crippen LogP contribution in [0.5, 0.6) is 5.75 Å². The van der Waals surface area contributed by atoms with Gasteiger partial charge in [-0.25, -0.2) is 4.79 Å². The van der Waals surface area contributed by atoms with Gasteiger partial charge in [-0.3, -0.25) is 0 Å². The van der Waals surface area contributed by atoms with Crippen LogP contribution in [0.2, 0.25) is 0 Å². The third-order valence-corrected chi connectivity index (χ3v) is 3.25. The summed E-state index contributed by atoms with van der Waals surface area (Å²) in [6.07, 6.45) is 0.745. The van der Waals surface area contributed by atoms with E-state index >= 15 is 0 Å². The van der Waals surface area contributed by atoms with Crippen LogP contribution in [-0.2, 0) is 13.0 Å². The minimum atomic E-state index is -0.155. The first-order valence-electron chi connectivity index (χ1n) is 7.56. The molecule has 0 aromatic heterocycles. The standard InChI is InChI=1S/C18H22N2O2/c1-2-22-17-11-7-6-10-16(17)12-13-19-18(21)20-14-15-8-4-3-5-9-15/h3-11H,2,12-14H2,1H3,(H2,19,20,21). The maximum Gasteiger partial charge on any atom is 0.315 e. The zero-order chi connectivity index (χ0) is 15.6. The lowest BCUT2D eigenvalue weighted by molar-refractivity contribution is 0.240. The van der Waals surface area contributed by atoms with Gasteiger partial charge in [0, 0.05) is 13.1 Å². The fourth-order valence-corrected chi connectivity index (χ4v) is 2.16. The highest BCUT2D eigenvalue weighted by molar-refractivity contribution is 5.73. The average Bonchev–Trinajstić information content (AvgIpc) is 2.56. The van der Waals surface area contributed by atoms with Gasteiger partial charge in [-0.15, -0.1) is 0 Å². The van der Waals surface area contributed by atoms with E-state index in [4.69, 9.17) is 4.74 Å². The van der Waals surface area contributed by atoms with Gasteiger partial charge in [0.25, 0.3) is 0 Å². The molecule has 22 heavy (non-hydrogen) atoms. The molecule has 2 rings (SSSR count). The van der Waals surface area contributed by atoms with Gasteiger partial charge in [0.1, 0.15) is 5.75 Å². The molecule has 0 saturated carbocycles. The van der Waals surface area contributed by atoms with Crippen LogP contribution in [0.4, 0.5) is 4.79 Å². The first-order chi connectivity index (χ1) is 10.8. The van der Waals surface area contributed by atoms with Gasteiger partial charge in [-0.2, -0.15) is 0 Å². The Morgan fingerprint density at radius 1 is 1.00 bits per heavy atom. The fraction of sp³-hybridized carbons (Fsp3) is 0.278. The zero-order valence-electron chi connectivity index (χ0n) is 12.8. The van der Waals surface area contributed by atoms with Crippen molar-refractivity contribution in [3.8, 4) is 5.75 Å². The summed E-state index contributed by atoms with van der Waals surface area (Å²) in [5, 5.41) is 5.71. The van der Waals surface area contributed by atoms with Gasteiger partial charge >= 0.3 is 6.03 Å². The summed E-state index contributed by atoms with van der Waals surface area (Å²) in [5.41, 5.74) is 2.19. The second-order valence-corrected chi connectivity index (χ2v) is 4.89. The largest absolute Gasteiger partial charge is 0.494 e. The maximum absolute atomic E-state index is 11.8. The third-order valence-electron chi connectivity index (χ3n) is 3.25. The molecule has 2 amide bonds. The summed E-state index contributed by atoms with van der Waals surface area (Å²) in [6, 6.07) is 17.6. The van der Waals surface area contributed by atoms with E-state index < -0.39 is 0 Å². The molecule has 0 unspecified atom stereocenters. The number of benzene rings is 2. The van der Waals surface area contributed by atoms with E-state index in [1.807, 2.05) is 61.5 Å². The fourth-order valence-electron chi connectivity index (χ4n) is 2.16. The first kappa shape index (κ1) is 15.9. The molecule has 2 aromatic carbocycles. The van der Waals surface area contributed by atoms with E-state index in [1.54, 1.807) is 0 Å². The van der Waals surface area contributed by atoms with Crippen molar-refractivity contribution in [1.82, 2.24) is 10.6 Å². The van der Waals surface area contributed by atoms with Gasteiger partial charge in [0.15, 0.2) is 0 Å². The number of urea groups is 1. The molecule has 0 aliphatic carbocycles. The highest BCUT2D eigenvalue weighted by atomic mass is 16.5. The van der Waals surface area contributed by atoms with Crippen molar-refractivity contribution >= 4 is 6.03 Å². The molecule has 0 fully saturated rings. The first-order valence-corrected chi connectivity index (χ1v) is 7.56. The molecule has 0 atom stereocenters. The lowest BCUT2D eigenvalue weighted by atomic mass is 10.1. The summed E-state index contributed by atoms with van der Waals surface area (Å²) < 4.78 is 5.57. The summed E-state index contributed by atoms with van der Waals surface area (Å²) in [4.78, 5) is 11.8. The normalized spacial score (nSPS) is 10.0. The highest BCUT2D eigenvalue weighted by Crippen LogP contribution is 2.17. The van der Waals surface area contributed by atoms with Crippen molar-refractivity contribution in [2.75, 3.05) is 13.2 Å². The number of para-hydroxylation sites is 1. The topological polar surface area (TPSA) is 50.4 Å². The van der Waals surface area contributed by atoms with Gasteiger partial charge in [0.2, 0.25) is 0 Å². The molecule has 0 bridgehead atoms. The number of carbonyl (C=O) groups is 1. The predicted molar refractivity (Wildman–Crippen MR) is 88.0 cm³/mol. The predicted octanol–water partition coefficient (Wildman–Crippen LogP) is 3.13. The van der Waals surface area contributed by atoms with E-state index in [0.29, 0.717) is 19.7 Å². The average molecular weight is 298 g/mol. The van der Waals surface area contributed by atoms with Crippen molar-refractivity contribution in [2.45, 2.75) is 19.9 Å². The van der Waals surface area contributed by atoms with Crippen LogP contribution >= 0.6 is 0 Å². The summed E-state index contributed by atoms with van der Waals surface area (Å²) in [7, 11) is 0. The van der Waals surface area contributed by atoms with Crippen LogP contribution < -0.4 is 15.4 Å². The third kappa shape index (κ3) is 5.13. The molecule has 0 spiro atoms. The molecule has 0 radical (unpaired) electrons. The van der Waals surface area contributed by atoms with Crippen molar-refractivity contribution in [1.29, 1.82) is 0 Å². The van der Waals surface area contributed by atoms with Crippen molar-refractivity contribution < 1.29 is 9.53 Å². The Labute approximate surface area is 131 Å². The molecule has 0 aliphatic rings. The van der Waals surface area contributed by atoms with Crippen molar-refractivity contribution in [3.63, 3.8) is 0 Å². The van der Waals surface area contributed by atoms with Gasteiger partial charge < -0.3 is 15.4 Å². The Morgan fingerprint density at radius 3 is 2.50 bits per heavy atom. The molecule has 0 aliphatic heterocycles. The van der Waals surface area contributed by atoms with E-state index in [1.165, 1.54) is 0 Å². The van der Waals surface area contributed by atoms with Crippen LogP contribution in [0.1, 0.15) is 18.1 Å². The molecule has 2 aromatic rings.